The van der Waals surface area contributed by atoms with Gasteiger partial charge in [-0.1, -0.05) is 439 Å². The summed E-state index contributed by atoms with van der Waals surface area (Å²) >= 11 is 0. The number of phosphoric ester groups is 2. The molecule has 0 radical (unpaired) electrons. The molecule has 3 N–H and O–H groups in total. The van der Waals surface area contributed by atoms with Crippen LogP contribution in [0.3, 0.4) is 0 Å². The molecule has 109 heavy (non-hydrogen) atoms. The summed E-state index contributed by atoms with van der Waals surface area (Å²) in [5, 5.41) is 10.7. The van der Waals surface area contributed by atoms with E-state index >= 15 is 0 Å². The molecule has 17 nitrogen and oxygen atoms in total. The van der Waals surface area contributed by atoms with Gasteiger partial charge < -0.3 is 33.8 Å². The monoisotopic (exact) mass is 1590 g/mol. The maximum Gasteiger partial charge on any atom is 0.472 e. The van der Waals surface area contributed by atoms with Crippen molar-refractivity contribution >= 4 is 39.5 Å². The lowest BCUT2D eigenvalue weighted by atomic mass is 10.0. The van der Waals surface area contributed by atoms with Gasteiger partial charge in [0.05, 0.1) is 26.4 Å². The molecular weight excluding hydrogens is 1410 g/mol. The molecule has 0 aliphatic carbocycles. The van der Waals surface area contributed by atoms with Crippen molar-refractivity contribution in [1.82, 2.24) is 0 Å². The summed E-state index contributed by atoms with van der Waals surface area (Å²) in [6, 6.07) is 0. The fourth-order valence-electron chi connectivity index (χ4n) is 14.2. The quantitative estimate of drug-likeness (QED) is 0.0222. The van der Waals surface area contributed by atoms with E-state index in [2.05, 4.69) is 34.6 Å². The van der Waals surface area contributed by atoms with Gasteiger partial charge in [-0.05, 0) is 31.6 Å². The van der Waals surface area contributed by atoms with Crippen molar-refractivity contribution in [3.05, 3.63) is 0 Å². The Morgan fingerprint density at radius 3 is 0.624 bits per heavy atom. The molecule has 0 aromatic rings. The first-order valence-corrected chi connectivity index (χ1v) is 49.6. The topological polar surface area (TPSA) is 237 Å². The van der Waals surface area contributed by atoms with Crippen molar-refractivity contribution < 1.29 is 80.2 Å². The minimum absolute atomic E-state index is 0.108. The first-order chi connectivity index (χ1) is 53.0. The second kappa shape index (κ2) is 82.6. The van der Waals surface area contributed by atoms with E-state index in [4.69, 9.17) is 37.0 Å². The zero-order valence-electron chi connectivity index (χ0n) is 71.7. The summed E-state index contributed by atoms with van der Waals surface area (Å²) in [5.74, 6) is -1.32. The van der Waals surface area contributed by atoms with Crippen LogP contribution in [0.4, 0.5) is 0 Å². The second-order valence-corrected chi connectivity index (χ2v) is 35.7. The highest BCUT2D eigenvalue weighted by Crippen LogP contribution is 2.45. The molecule has 0 aromatic heterocycles. The summed E-state index contributed by atoms with van der Waals surface area (Å²) in [5.41, 5.74) is 0. The van der Waals surface area contributed by atoms with Gasteiger partial charge >= 0.3 is 39.5 Å². The average Bonchev–Trinajstić information content (AvgIpc) is 0.901. The van der Waals surface area contributed by atoms with Crippen LogP contribution in [0.2, 0.25) is 0 Å². The van der Waals surface area contributed by atoms with Gasteiger partial charge in [-0.2, -0.15) is 0 Å². The van der Waals surface area contributed by atoms with E-state index in [0.717, 1.165) is 95.8 Å². The molecule has 19 heteroatoms. The number of aliphatic hydroxyl groups is 1. The fraction of sp³-hybridized carbons (Fsp3) is 0.956. The Labute approximate surface area is 670 Å². The van der Waals surface area contributed by atoms with E-state index in [1.807, 2.05) is 0 Å². The highest BCUT2D eigenvalue weighted by atomic mass is 31.2. The Morgan fingerprint density at radius 2 is 0.422 bits per heavy atom. The van der Waals surface area contributed by atoms with Crippen molar-refractivity contribution in [2.24, 2.45) is 5.92 Å². The predicted octanol–water partition coefficient (Wildman–Crippen LogP) is 27.9. The molecule has 2 unspecified atom stereocenters. The molecule has 0 rings (SSSR count). The van der Waals surface area contributed by atoms with Crippen LogP contribution in [-0.4, -0.2) is 96.7 Å². The van der Waals surface area contributed by atoms with E-state index in [9.17, 15) is 43.2 Å². The minimum atomic E-state index is -4.97. The number of aliphatic hydroxyl groups excluding tert-OH is 1. The number of hydrogen-bond donors (Lipinski definition) is 3. The Kier molecular flexibility index (Phi) is 81.1. The summed E-state index contributed by atoms with van der Waals surface area (Å²) in [6.45, 7) is 7.40. The number of rotatable bonds is 90. The molecular formula is C90H176O17P2. The third-order valence-corrected chi connectivity index (χ3v) is 23.2. The first kappa shape index (κ1) is 107. The predicted molar refractivity (Wildman–Crippen MR) is 451 cm³/mol. The largest absolute Gasteiger partial charge is 0.472 e. The Morgan fingerprint density at radius 1 is 0.248 bits per heavy atom. The third kappa shape index (κ3) is 83.8. The maximum atomic E-state index is 13.2. The molecule has 5 atom stereocenters. The van der Waals surface area contributed by atoms with Crippen molar-refractivity contribution in [3.63, 3.8) is 0 Å². The first-order valence-electron chi connectivity index (χ1n) is 46.6. The molecule has 0 bridgehead atoms. The Balaban J connectivity index is 5.25. The van der Waals surface area contributed by atoms with Crippen LogP contribution in [0.25, 0.3) is 0 Å². The van der Waals surface area contributed by atoms with Gasteiger partial charge in [0.15, 0.2) is 12.2 Å². The van der Waals surface area contributed by atoms with Crippen LogP contribution in [0.15, 0.2) is 0 Å². The average molecular weight is 1590 g/mol. The van der Waals surface area contributed by atoms with Crippen molar-refractivity contribution in [3.8, 4) is 0 Å². The van der Waals surface area contributed by atoms with Crippen molar-refractivity contribution in [1.29, 1.82) is 0 Å². The number of esters is 4. The van der Waals surface area contributed by atoms with E-state index < -0.39 is 97.5 Å². The molecule has 0 aromatic carbocycles. The van der Waals surface area contributed by atoms with Crippen LogP contribution in [0.1, 0.15) is 490 Å². The second-order valence-electron chi connectivity index (χ2n) is 32.8. The van der Waals surface area contributed by atoms with Crippen LogP contribution < -0.4 is 0 Å². The van der Waals surface area contributed by atoms with Gasteiger partial charge in [-0.3, -0.25) is 37.3 Å². The van der Waals surface area contributed by atoms with E-state index in [1.54, 1.807) is 0 Å². The van der Waals surface area contributed by atoms with Crippen molar-refractivity contribution in [2.45, 2.75) is 509 Å². The Bertz CT molecular complexity index is 2070. The lowest BCUT2D eigenvalue weighted by Gasteiger charge is -2.21. The van der Waals surface area contributed by atoms with Crippen molar-refractivity contribution in [2.75, 3.05) is 39.6 Å². The molecule has 0 fully saturated rings. The van der Waals surface area contributed by atoms with Gasteiger partial charge in [-0.25, -0.2) is 9.13 Å². The molecule has 0 aliphatic rings. The SMILES string of the molecule is CCCCCCCCCCCCCCCCCCCCCCCC(=O)O[C@H](COC(=O)CCCCCCCCCCCCCCCCCCCCCC)COP(=O)(O)OC[C@@H](O)COP(=O)(O)OC[C@@H](COC(=O)CCCCCCCCCCCCCCC)OC(=O)CCCCCCCCCCCCCCC(C)C. The van der Waals surface area contributed by atoms with Crippen LogP contribution in [-0.2, 0) is 65.4 Å². The fourth-order valence-corrected chi connectivity index (χ4v) is 15.8. The molecule has 0 aliphatic heterocycles. The zero-order chi connectivity index (χ0) is 79.7. The highest BCUT2D eigenvalue weighted by Gasteiger charge is 2.31. The van der Waals surface area contributed by atoms with E-state index in [-0.39, 0.29) is 25.7 Å². The summed E-state index contributed by atoms with van der Waals surface area (Å²) in [7, 11) is -9.93. The molecule has 0 amide bonds. The summed E-state index contributed by atoms with van der Waals surface area (Å²) in [6.07, 6.45) is 77.8. The summed E-state index contributed by atoms with van der Waals surface area (Å²) in [4.78, 5) is 73.4. The molecule has 0 spiro atoms. The number of phosphoric acid groups is 2. The third-order valence-electron chi connectivity index (χ3n) is 21.3. The van der Waals surface area contributed by atoms with Gasteiger partial charge in [0.25, 0.3) is 0 Å². The minimum Gasteiger partial charge on any atom is -0.462 e. The van der Waals surface area contributed by atoms with Gasteiger partial charge in [0.1, 0.15) is 19.3 Å². The number of ether oxygens (including phenoxy) is 4. The molecule has 0 saturated carbocycles. The van der Waals surface area contributed by atoms with E-state index in [0.29, 0.717) is 25.7 Å². The standard InChI is InChI=1S/C90H176O17P2/c1-6-9-12-15-18-21-24-27-29-31-33-35-37-39-41-44-50-55-60-65-70-75-89(94)106-85(80-101-88(93)74-69-64-59-54-49-43-40-38-36-34-32-30-28-25-22-19-16-13-10-7-2)81-104-108(96,97)102-77-84(91)78-103-109(98,99)105-82-86(79-100-87(92)73-68-63-58-53-48-42-26-23-20-17-14-11-8-3)107-90(95)76-71-66-61-56-51-46-45-47-52-57-62-67-72-83(4)5/h83-86,91H,6-82H2,1-5H3,(H,96,97)(H,98,99)/t84-,85-,86-/m1/s1. The number of carbonyl (C=O) groups excluding carboxylic acids is 4. The lowest BCUT2D eigenvalue weighted by Crippen LogP contribution is -2.30. The number of hydrogen-bond acceptors (Lipinski definition) is 15. The molecule has 0 heterocycles. The highest BCUT2D eigenvalue weighted by molar-refractivity contribution is 7.47. The van der Waals surface area contributed by atoms with Crippen LogP contribution in [0, 0.1) is 5.92 Å². The maximum absolute atomic E-state index is 13.2. The van der Waals surface area contributed by atoms with Gasteiger partial charge in [0, 0.05) is 25.7 Å². The number of carbonyl (C=O) groups is 4. The van der Waals surface area contributed by atoms with Gasteiger partial charge in [0.2, 0.25) is 0 Å². The Hall–Kier alpha value is -1.94. The lowest BCUT2D eigenvalue weighted by molar-refractivity contribution is -0.161. The van der Waals surface area contributed by atoms with Crippen LogP contribution in [0.5, 0.6) is 0 Å². The normalized spacial score (nSPS) is 13.7. The smallest absolute Gasteiger partial charge is 0.462 e. The zero-order valence-corrected chi connectivity index (χ0v) is 73.5. The van der Waals surface area contributed by atoms with Crippen LogP contribution >= 0.6 is 15.6 Å². The molecule has 648 valence electrons. The summed E-state index contributed by atoms with van der Waals surface area (Å²) < 4.78 is 69.1. The van der Waals surface area contributed by atoms with Gasteiger partial charge in [-0.15, -0.1) is 0 Å². The van der Waals surface area contributed by atoms with E-state index in [1.165, 1.54) is 315 Å². The number of unbranched alkanes of at least 4 members (excludes halogenated alkanes) is 62. The molecule has 0 saturated heterocycles.